The Hall–Kier alpha value is -1.11. The first kappa shape index (κ1) is 16.3. The van der Waals surface area contributed by atoms with Gasteiger partial charge in [-0.1, -0.05) is 6.92 Å². The van der Waals surface area contributed by atoms with Gasteiger partial charge in [-0.2, -0.15) is 0 Å². The highest BCUT2D eigenvalue weighted by Crippen LogP contribution is 2.21. The molecular formula is C15H24N2O3S. The van der Waals surface area contributed by atoms with E-state index in [2.05, 4.69) is 4.72 Å². The maximum absolute atomic E-state index is 12.3. The second-order valence-corrected chi connectivity index (χ2v) is 7.27. The third kappa shape index (κ3) is 4.69. The second kappa shape index (κ2) is 7.24. The standard InChI is InChI=1S/C15H24N2O3S/c1-2-11-20-14-7-9-15(10-8-14)21(18,19)17-13-5-3-12(16)4-6-13/h7-10,12-13,17H,2-6,11,16H2,1H3. The van der Waals surface area contributed by atoms with E-state index < -0.39 is 10.0 Å². The summed E-state index contributed by atoms with van der Waals surface area (Å²) in [6.45, 7) is 2.66. The molecule has 0 aromatic heterocycles. The first-order valence-corrected chi connectivity index (χ1v) is 9.00. The first-order chi connectivity index (χ1) is 10.0. The summed E-state index contributed by atoms with van der Waals surface area (Å²) in [4.78, 5) is 0.279. The molecule has 0 spiro atoms. The molecule has 0 aliphatic heterocycles. The van der Waals surface area contributed by atoms with E-state index in [1.54, 1.807) is 24.3 Å². The predicted octanol–water partition coefficient (Wildman–Crippen LogP) is 2.02. The SMILES string of the molecule is CCCOc1ccc(S(=O)(=O)NC2CCC(N)CC2)cc1. The minimum Gasteiger partial charge on any atom is -0.494 e. The number of hydrogen-bond acceptors (Lipinski definition) is 4. The van der Waals surface area contributed by atoms with E-state index in [0.717, 1.165) is 32.1 Å². The predicted molar refractivity (Wildman–Crippen MR) is 82.8 cm³/mol. The zero-order valence-electron chi connectivity index (χ0n) is 12.4. The summed E-state index contributed by atoms with van der Waals surface area (Å²) >= 11 is 0. The summed E-state index contributed by atoms with van der Waals surface area (Å²) in [5.41, 5.74) is 5.84. The smallest absolute Gasteiger partial charge is 0.240 e. The normalized spacial score (nSPS) is 23.0. The molecule has 0 unspecified atom stereocenters. The van der Waals surface area contributed by atoms with Crippen molar-refractivity contribution in [3.63, 3.8) is 0 Å². The topological polar surface area (TPSA) is 81.4 Å². The summed E-state index contributed by atoms with van der Waals surface area (Å²) in [6, 6.07) is 6.76. The molecule has 0 saturated heterocycles. The lowest BCUT2D eigenvalue weighted by Crippen LogP contribution is -2.40. The summed E-state index contributed by atoms with van der Waals surface area (Å²) in [5.74, 6) is 0.694. The van der Waals surface area contributed by atoms with Crippen LogP contribution < -0.4 is 15.2 Å². The van der Waals surface area contributed by atoms with Crippen molar-refractivity contribution >= 4 is 10.0 Å². The Labute approximate surface area is 126 Å². The molecule has 5 nitrogen and oxygen atoms in total. The van der Waals surface area contributed by atoms with Crippen LogP contribution in [0.5, 0.6) is 5.75 Å². The van der Waals surface area contributed by atoms with Gasteiger partial charge in [0, 0.05) is 12.1 Å². The summed E-state index contributed by atoms with van der Waals surface area (Å²) in [7, 11) is -3.46. The van der Waals surface area contributed by atoms with Gasteiger partial charge in [0.15, 0.2) is 0 Å². The fraction of sp³-hybridized carbons (Fsp3) is 0.600. The van der Waals surface area contributed by atoms with E-state index in [-0.39, 0.29) is 17.0 Å². The lowest BCUT2D eigenvalue weighted by molar-refractivity contribution is 0.317. The van der Waals surface area contributed by atoms with Crippen molar-refractivity contribution < 1.29 is 13.2 Å². The van der Waals surface area contributed by atoms with Gasteiger partial charge in [0.05, 0.1) is 11.5 Å². The van der Waals surface area contributed by atoms with E-state index in [1.165, 1.54) is 0 Å². The third-order valence-corrected chi connectivity index (χ3v) is 5.24. The molecule has 2 rings (SSSR count). The van der Waals surface area contributed by atoms with E-state index in [1.807, 2.05) is 6.92 Å². The summed E-state index contributed by atoms with van der Waals surface area (Å²) in [6.07, 6.45) is 4.27. The zero-order chi connectivity index (χ0) is 15.3. The zero-order valence-corrected chi connectivity index (χ0v) is 13.2. The van der Waals surface area contributed by atoms with E-state index in [9.17, 15) is 8.42 Å². The molecule has 21 heavy (non-hydrogen) atoms. The summed E-state index contributed by atoms with van der Waals surface area (Å²) < 4.78 is 32.9. The molecule has 1 aromatic rings. The van der Waals surface area contributed by atoms with Gasteiger partial charge >= 0.3 is 0 Å². The van der Waals surface area contributed by atoms with Crippen molar-refractivity contribution in [2.24, 2.45) is 5.73 Å². The van der Waals surface area contributed by atoms with Crippen LogP contribution in [0.15, 0.2) is 29.2 Å². The lowest BCUT2D eigenvalue weighted by atomic mass is 9.93. The fourth-order valence-electron chi connectivity index (χ4n) is 2.46. The van der Waals surface area contributed by atoms with Crippen molar-refractivity contribution in [3.05, 3.63) is 24.3 Å². The van der Waals surface area contributed by atoms with Crippen LogP contribution in [-0.4, -0.2) is 27.1 Å². The van der Waals surface area contributed by atoms with Gasteiger partial charge in [0.1, 0.15) is 5.75 Å². The van der Waals surface area contributed by atoms with Gasteiger partial charge in [-0.05, 0) is 56.4 Å². The molecule has 0 heterocycles. The average molecular weight is 312 g/mol. The van der Waals surface area contributed by atoms with Crippen molar-refractivity contribution in [1.82, 2.24) is 4.72 Å². The van der Waals surface area contributed by atoms with Gasteiger partial charge in [0.25, 0.3) is 0 Å². The van der Waals surface area contributed by atoms with Crippen LogP contribution in [-0.2, 0) is 10.0 Å². The van der Waals surface area contributed by atoms with Gasteiger partial charge < -0.3 is 10.5 Å². The van der Waals surface area contributed by atoms with Gasteiger partial charge in [-0.25, -0.2) is 13.1 Å². The number of rotatable bonds is 6. The Morgan fingerprint density at radius 1 is 1.19 bits per heavy atom. The van der Waals surface area contributed by atoms with Gasteiger partial charge in [-0.3, -0.25) is 0 Å². The number of nitrogens with one attached hydrogen (secondary N) is 1. The van der Waals surface area contributed by atoms with Crippen LogP contribution in [0.2, 0.25) is 0 Å². The minimum absolute atomic E-state index is 0.00850. The van der Waals surface area contributed by atoms with Crippen LogP contribution in [0, 0.1) is 0 Å². The second-order valence-electron chi connectivity index (χ2n) is 5.55. The number of ether oxygens (including phenoxy) is 1. The molecule has 0 radical (unpaired) electrons. The maximum Gasteiger partial charge on any atom is 0.240 e. The molecule has 1 aliphatic carbocycles. The highest BCUT2D eigenvalue weighted by atomic mass is 32.2. The molecular weight excluding hydrogens is 288 g/mol. The molecule has 0 atom stereocenters. The molecule has 1 saturated carbocycles. The van der Waals surface area contributed by atoms with Crippen LogP contribution >= 0.6 is 0 Å². The van der Waals surface area contributed by atoms with Crippen molar-refractivity contribution in [2.75, 3.05) is 6.61 Å². The average Bonchev–Trinajstić information content (AvgIpc) is 2.48. The first-order valence-electron chi connectivity index (χ1n) is 7.52. The van der Waals surface area contributed by atoms with E-state index in [0.29, 0.717) is 12.4 Å². The molecule has 3 N–H and O–H groups in total. The van der Waals surface area contributed by atoms with Crippen LogP contribution in [0.1, 0.15) is 39.0 Å². The van der Waals surface area contributed by atoms with Gasteiger partial charge in [-0.15, -0.1) is 0 Å². The van der Waals surface area contributed by atoms with Crippen molar-refractivity contribution in [1.29, 1.82) is 0 Å². The van der Waals surface area contributed by atoms with E-state index in [4.69, 9.17) is 10.5 Å². The molecule has 6 heteroatoms. The lowest BCUT2D eigenvalue weighted by Gasteiger charge is -2.26. The Bertz CT molecular complexity index is 535. The maximum atomic E-state index is 12.3. The highest BCUT2D eigenvalue weighted by molar-refractivity contribution is 7.89. The number of sulfonamides is 1. The molecule has 118 valence electrons. The number of nitrogens with two attached hydrogens (primary N) is 1. The van der Waals surface area contributed by atoms with Crippen LogP contribution in [0.4, 0.5) is 0 Å². The Morgan fingerprint density at radius 2 is 1.81 bits per heavy atom. The van der Waals surface area contributed by atoms with Crippen LogP contribution in [0.3, 0.4) is 0 Å². The number of hydrogen-bond donors (Lipinski definition) is 2. The third-order valence-electron chi connectivity index (χ3n) is 3.70. The monoisotopic (exact) mass is 312 g/mol. The molecule has 1 aliphatic rings. The fourth-order valence-corrected chi connectivity index (χ4v) is 3.76. The Balaban J connectivity index is 1.98. The van der Waals surface area contributed by atoms with Crippen LogP contribution in [0.25, 0.3) is 0 Å². The number of benzene rings is 1. The quantitative estimate of drug-likeness (QED) is 0.842. The Morgan fingerprint density at radius 3 is 2.38 bits per heavy atom. The molecule has 1 aromatic carbocycles. The summed E-state index contributed by atoms with van der Waals surface area (Å²) in [5, 5.41) is 0. The minimum atomic E-state index is -3.46. The molecule has 0 amide bonds. The van der Waals surface area contributed by atoms with Gasteiger partial charge in [0.2, 0.25) is 10.0 Å². The highest BCUT2D eigenvalue weighted by Gasteiger charge is 2.24. The van der Waals surface area contributed by atoms with Crippen molar-refractivity contribution in [2.45, 2.75) is 56.0 Å². The Kier molecular flexibility index (Phi) is 5.61. The van der Waals surface area contributed by atoms with Crippen molar-refractivity contribution in [3.8, 4) is 5.75 Å². The largest absolute Gasteiger partial charge is 0.494 e. The molecule has 0 bridgehead atoms. The molecule has 1 fully saturated rings. The van der Waals surface area contributed by atoms with E-state index >= 15 is 0 Å².